The minimum Gasteiger partial charge on any atom is -0.493 e. The van der Waals surface area contributed by atoms with E-state index in [1.165, 1.54) is 5.56 Å². The molecule has 0 bridgehead atoms. The molecule has 0 aliphatic carbocycles. The van der Waals surface area contributed by atoms with E-state index >= 15 is 0 Å². The van der Waals surface area contributed by atoms with Crippen molar-refractivity contribution in [3.63, 3.8) is 0 Å². The van der Waals surface area contributed by atoms with Crippen LogP contribution in [-0.4, -0.2) is 14.9 Å². The molecule has 23 heavy (non-hydrogen) atoms. The number of rotatable bonds is 4. The second kappa shape index (κ2) is 6.29. The average molecular weight is 306 g/mol. The quantitative estimate of drug-likeness (QED) is 0.755. The van der Waals surface area contributed by atoms with Crippen LogP contribution in [-0.2, 0) is 6.42 Å². The topological polar surface area (TPSA) is 38.0 Å². The van der Waals surface area contributed by atoms with Crippen LogP contribution in [0.5, 0.6) is 5.88 Å². The average Bonchev–Trinajstić information content (AvgIpc) is 2.86. The normalized spacial score (nSPS) is 11.1. The first kappa shape index (κ1) is 15.3. The lowest BCUT2D eigenvalue weighted by molar-refractivity contribution is 0.424. The third-order valence-corrected chi connectivity index (χ3v) is 3.89. The maximum Gasteiger partial charge on any atom is 0.218 e. The number of aromatic nitrogens is 2. The van der Waals surface area contributed by atoms with Crippen molar-refractivity contribution in [2.75, 3.05) is 0 Å². The third kappa shape index (κ3) is 3.14. The van der Waals surface area contributed by atoms with Gasteiger partial charge < -0.3 is 5.11 Å². The summed E-state index contributed by atoms with van der Waals surface area (Å²) >= 11 is 0. The summed E-state index contributed by atoms with van der Waals surface area (Å²) in [6.45, 7) is 6.37. The van der Waals surface area contributed by atoms with Crippen LogP contribution in [0.1, 0.15) is 25.0 Å². The number of hydrogen-bond donors (Lipinski definition) is 1. The van der Waals surface area contributed by atoms with Crippen LogP contribution in [0.25, 0.3) is 16.9 Å². The highest BCUT2D eigenvalue weighted by atomic mass is 16.3. The molecule has 3 nitrogen and oxygen atoms in total. The molecule has 0 atom stereocenters. The smallest absolute Gasteiger partial charge is 0.218 e. The van der Waals surface area contributed by atoms with Crippen molar-refractivity contribution < 1.29 is 5.11 Å². The molecule has 1 heterocycles. The predicted octanol–water partition coefficient (Wildman–Crippen LogP) is 4.75. The predicted molar refractivity (Wildman–Crippen MR) is 93.9 cm³/mol. The second-order valence-corrected chi connectivity index (χ2v) is 6.36. The van der Waals surface area contributed by atoms with Crippen LogP contribution >= 0.6 is 0 Å². The molecule has 0 fully saturated rings. The van der Waals surface area contributed by atoms with Crippen LogP contribution in [0.15, 0.2) is 54.6 Å². The minimum absolute atomic E-state index is 0.237. The molecule has 0 spiro atoms. The van der Waals surface area contributed by atoms with Gasteiger partial charge in [-0.3, -0.25) is 0 Å². The van der Waals surface area contributed by atoms with Crippen molar-refractivity contribution in [3.8, 4) is 22.8 Å². The molecule has 2 aromatic carbocycles. The number of benzene rings is 2. The van der Waals surface area contributed by atoms with E-state index in [4.69, 9.17) is 5.10 Å². The lowest BCUT2D eigenvalue weighted by Crippen LogP contribution is -1.96. The first-order valence-electron chi connectivity index (χ1n) is 7.99. The first-order chi connectivity index (χ1) is 11.1. The van der Waals surface area contributed by atoms with Gasteiger partial charge in [0.1, 0.15) is 0 Å². The Balaban J connectivity index is 2.16. The summed E-state index contributed by atoms with van der Waals surface area (Å²) < 4.78 is 1.63. The van der Waals surface area contributed by atoms with E-state index in [2.05, 4.69) is 45.0 Å². The molecule has 0 saturated heterocycles. The van der Waals surface area contributed by atoms with Gasteiger partial charge in [0.25, 0.3) is 0 Å². The molecule has 0 aliphatic heterocycles. The zero-order valence-corrected chi connectivity index (χ0v) is 13.8. The fraction of sp³-hybridized carbons (Fsp3) is 0.250. The van der Waals surface area contributed by atoms with Crippen LogP contribution in [0.2, 0.25) is 0 Å². The molecule has 1 N–H and O–H groups in total. The molecule has 0 aliphatic rings. The molecule has 3 rings (SSSR count). The summed E-state index contributed by atoms with van der Waals surface area (Å²) in [5.74, 6) is 0.680. The molecule has 118 valence electrons. The lowest BCUT2D eigenvalue weighted by atomic mass is 9.99. The van der Waals surface area contributed by atoms with Crippen LogP contribution in [0, 0.1) is 12.8 Å². The Hall–Kier alpha value is -2.55. The highest BCUT2D eigenvalue weighted by molar-refractivity contribution is 5.66. The number of aromatic hydroxyl groups is 1. The van der Waals surface area contributed by atoms with Gasteiger partial charge in [0.05, 0.1) is 11.4 Å². The number of nitrogens with zero attached hydrogens (tertiary/aromatic N) is 2. The number of aryl methyl sites for hydroxylation is 1. The lowest BCUT2D eigenvalue weighted by Gasteiger charge is -2.06. The zero-order chi connectivity index (χ0) is 16.4. The minimum atomic E-state index is 0.237. The summed E-state index contributed by atoms with van der Waals surface area (Å²) in [4.78, 5) is 0. The Morgan fingerprint density at radius 3 is 2.26 bits per heavy atom. The number of hydrogen-bond acceptors (Lipinski definition) is 2. The molecule has 0 radical (unpaired) electrons. The van der Waals surface area contributed by atoms with Crippen LogP contribution < -0.4 is 0 Å². The second-order valence-electron chi connectivity index (χ2n) is 6.36. The Labute approximate surface area is 137 Å². The van der Waals surface area contributed by atoms with Crippen LogP contribution in [0.3, 0.4) is 0 Å². The molecule has 0 unspecified atom stereocenters. The summed E-state index contributed by atoms with van der Waals surface area (Å²) in [5, 5.41) is 15.4. The number of para-hydroxylation sites is 1. The van der Waals surface area contributed by atoms with E-state index in [0.29, 0.717) is 5.92 Å². The van der Waals surface area contributed by atoms with E-state index in [1.807, 2.05) is 30.3 Å². The highest BCUT2D eigenvalue weighted by Crippen LogP contribution is 2.33. The van der Waals surface area contributed by atoms with Crippen molar-refractivity contribution in [1.29, 1.82) is 0 Å². The monoisotopic (exact) mass is 306 g/mol. The summed E-state index contributed by atoms with van der Waals surface area (Å²) in [6.07, 6.45) is 0.794. The first-order valence-corrected chi connectivity index (χ1v) is 7.99. The van der Waals surface area contributed by atoms with Gasteiger partial charge in [-0.05, 0) is 31.4 Å². The third-order valence-electron chi connectivity index (χ3n) is 3.89. The van der Waals surface area contributed by atoms with Gasteiger partial charge in [-0.15, -0.1) is 0 Å². The highest BCUT2D eigenvalue weighted by Gasteiger charge is 2.20. The molecular formula is C20H22N2O. The SMILES string of the molecule is Cc1ccc(-c2nn(-c3ccccc3)c(O)c2CC(C)C)cc1. The van der Waals surface area contributed by atoms with Gasteiger partial charge in [0.2, 0.25) is 5.88 Å². The van der Waals surface area contributed by atoms with Gasteiger partial charge in [0, 0.05) is 11.1 Å². The molecular weight excluding hydrogens is 284 g/mol. The Morgan fingerprint density at radius 1 is 1.00 bits per heavy atom. The van der Waals surface area contributed by atoms with Gasteiger partial charge in [-0.25, -0.2) is 4.68 Å². The summed E-state index contributed by atoms with van der Waals surface area (Å²) in [6, 6.07) is 18.0. The van der Waals surface area contributed by atoms with Crippen molar-refractivity contribution in [1.82, 2.24) is 9.78 Å². The van der Waals surface area contributed by atoms with Crippen LogP contribution in [0.4, 0.5) is 0 Å². The van der Waals surface area contributed by atoms with E-state index in [1.54, 1.807) is 4.68 Å². The van der Waals surface area contributed by atoms with Crippen molar-refractivity contribution in [2.45, 2.75) is 27.2 Å². The largest absolute Gasteiger partial charge is 0.493 e. The van der Waals surface area contributed by atoms with Crippen molar-refractivity contribution in [2.24, 2.45) is 5.92 Å². The fourth-order valence-corrected chi connectivity index (χ4v) is 2.73. The summed E-state index contributed by atoms with van der Waals surface area (Å²) in [7, 11) is 0. The van der Waals surface area contributed by atoms with E-state index < -0.39 is 0 Å². The van der Waals surface area contributed by atoms with Gasteiger partial charge in [-0.2, -0.15) is 5.10 Å². The summed E-state index contributed by atoms with van der Waals surface area (Å²) in [5.41, 5.74) is 4.89. The van der Waals surface area contributed by atoms with Crippen molar-refractivity contribution >= 4 is 0 Å². The van der Waals surface area contributed by atoms with Gasteiger partial charge >= 0.3 is 0 Å². The molecule has 0 amide bonds. The molecule has 3 heteroatoms. The van der Waals surface area contributed by atoms with Crippen molar-refractivity contribution in [3.05, 3.63) is 65.7 Å². The van der Waals surface area contributed by atoms with E-state index in [-0.39, 0.29) is 5.88 Å². The van der Waals surface area contributed by atoms with E-state index in [9.17, 15) is 5.11 Å². The maximum atomic E-state index is 10.7. The Kier molecular flexibility index (Phi) is 4.20. The zero-order valence-electron chi connectivity index (χ0n) is 13.8. The molecule has 3 aromatic rings. The maximum absolute atomic E-state index is 10.7. The van der Waals surface area contributed by atoms with E-state index in [0.717, 1.165) is 28.9 Å². The Morgan fingerprint density at radius 2 is 1.65 bits per heavy atom. The standard InChI is InChI=1S/C20H22N2O/c1-14(2)13-18-19(16-11-9-15(3)10-12-16)21-22(20(18)23)17-7-5-4-6-8-17/h4-12,14,23H,13H2,1-3H3. The molecule has 1 aromatic heterocycles. The van der Waals surface area contributed by atoms with Gasteiger partial charge in [0.15, 0.2) is 0 Å². The van der Waals surface area contributed by atoms with Gasteiger partial charge in [-0.1, -0.05) is 61.9 Å². The fourth-order valence-electron chi connectivity index (χ4n) is 2.73. The Bertz CT molecular complexity index is 787. The molecule has 0 saturated carbocycles.